The Morgan fingerprint density at radius 3 is 2.77 bits per heavy atom. The molecule has 1 aromatic heterocycles. The van der Waals surface area contributed by atoms with Crippen LogP contribution in [0.5, 0.6) is 0 Å². The summed E-state index contributed by atoms with van der Waals surface area (Å²) in [6.45, 7) is 2.19. The number of carbonyl (C=O) groups is 2. The van der Waals surface area contributed by atoms with Crippen LogP contribution in [0.15, 0.2) is 54.6 Å². The van der Waals surface area contributed by atoms with Gasteiger partial charge in [0.2, 0.25) is 5.91 Å². The van der Waals surface area contributed by atoms with Gasteiger partial charge < -0.3 is 19.9 Å². The number of carbonyl (C=O) groups excluding carboxylic acids is 2. The van der Waals surface area contributed by atoms with Crippen LogP contribution in [0.25, 0.3) is 10.9 Å². The van der Waals surface area contributed by atoms with Crippen molar-refractivity contribution >= 4 is 22.8 Å². The molecule has 1 saturated heterocycles. The van der Waals surface area contributed by atoms with E-state index >= 15 is 0 Å². The van der Waals surface area contributed by atoms with Crippen LogP contribution in [-0.2, 0) is 22.6 Å². The van der Waals surface area contributed by atoms with Gasteiger partial charge in [0, 0.05) is 30.2 Å². The standard InChI is InChI=1S/C24H27N3O3/c1-30-24(29)18-8-6-17(7-9-18)15-25-13-12-21-10-11-23(28)27(21)16-20-14-19-4-2-3-5-22(19)26-20/h2-9,14,21,25-26H,10-13,15-16H2,1H3. The first kappa shape index (κ1) is 20.2. The molecule has 2 aromatic carbocycles. The molecule has 0 spiro atoms. The highest BCUT2D eigenvalue weighted by Crippen LogP contribution is 2.25. The van der Waals surface area contributed by atoms with Gasteiger partial charge >= 0.3 is 5.97 Å². The summed E-state index contributed by atoms with van der Waals surface area (Å²) < 4.78 is 4.72. The molecule has 1 atom stereocenters. The van der Waals surface area contributed by atoms with Gasteiger partial charge in [-0.15, -0.1) is 0 Å². The zero-order valence-electron chi connectivity index (χ0n) is 17.2. The number of ether oxygens (including phenoxy) is 1. The molecule has 30 heavy (non-hydrogen) atoms. The Morgan fingerprint density at radius 1 is 1.20 bits per heavy atom. The molecule has 6 nitrogen and oxygen atoms in total. The summed E-state index contributed by atoms with van der Waals surface area (Å²) in [5, 5.41) is 4.63. The Balaban J connectivity index is 1.28. The van der Waals surface area contributed by atoms with Gasteiger partial charge in [0.05, 0.1) is 19.2 Å². The number of nitrogens with zero attached hydrogens (tertiary/aromatic N) is 1. The average molecular weight is 405 g/mol. The molecule has 2 heterocycles. The van der Waals surface area contributed by atoms with E-state index < -0.39 is 0 Å². The Bertz CT molecular complexity index is 993. The lowest BCUT2D eigenvalue weighted by Crippen LogP contribution is -2.34. The number of hydrogen-bond donors (Lipinski definition) is 2. The van der Waals surface area contributed by atoms with Crippen molar-refractivity contribution < 1.29 is 14.3 Å². The molecule has 2 N–H and O–H groups in total. The molecule has 1 fully saturated rings. The predicted molar refractivity (Wildman–Crippen MR) is 116 cm³/mol. The summed E-state index contributed by atoms with van der Waals surface area (Å²) >= 11 is 0. The Labute approximate surface area is 176 Å². The maximum absolute atomic E-state index is 12.4. The molecule has 0 saturated carbocycles. The Morgan fingerprint density at radius 2 is 2.00 bits per heavy atom. The number of esters is 1. The minimum atomic E-state index is -0.324. The largest absolute Gasteiger partial charge is 0.465 e. The Hall–Kier alpha value is -3.12. The third-order valence-electron chi connectivity index (χ3n) is 5.74. The van der Waals surface area contributed by atoms with Gasteiger partial charge in [0.25, 0.3) is 0 Å². The van der Waals surface area contributed by atoms with Gasteiger partial charge in [0.15, 0.2) is 0 Å². The highest BCUT2D eigenvalue weighted by molar-refractivity contribution is 5.89. The average Bonchev–Trinajstić information content (AvgIpc) is 3.34. The predicted octanol–water partition coefficient (Wildman–Crippen LogP) is 3.63. The van der Waals surface area contributed by atoms with Crippen LogP contribution in [0, 0.1) is 0 Å². The second-order valence-electron chi connectivity index (χ2n) is 7.75. The summed E-state index contributed by atoms with van der Waals surface area (Å²) in [6.07, 6.45) is 2.46. The summed E-state index contributed by atoms with van der Waals surface area (Å²) in [4.78, 5) is 29.4. The van der Waals surface area contributed by atoms with Crippen LogP contribution >= 0.6 is 0 Å². The first-order valence-electron chi connectivity index (χ1n) is 10.4. The molecule has 1 aliphatic rings. The van der Waals surface area contributed by atoms with E-state index in [-0.39, 0.29) is 17.9 Å². The second-order valence-corrected chi connectivity index (χ2v) is 7.75. The molecule has 1 aliphatic heterocycles. The zero-order chi connectivity index (χ0) is 20.9. The van der Waals surface area contributed by atoms with Crippen LogP contribution in [0.3, 0.4) is 0 Å². The van der Waals surface area contributed by atoms with Crippen LogP contribution in [0.4, 0.5) is 0 Å². The topological polar surface area (TPSA) is 74.4 Å². The van der Waals surface area contributed by atoms with Gasteiger partial charge in [-0.05, 0) is 54.6 Å². The summed E-state index contributed by atoms with van der Waals surface area (Å²) in [5.41, 5.74) is 3.85. The molecule has 0 radical (unpaired) electrons. The number of aromatic nitrogens is 1. The Kier molecular flexibility index (Phi) is 6.14. The lowest BCUT2D eigenvalue weighted by atomic mass is 10.1. The number of nitrogens with one attached hydrogen (secondary N) is 2. The fourth-order valence-electron chi connectivity index (χ4n) is 4.09. The van der Waals surface area contributed by atoms with Crippen molar-refractivity contribution in [2.45, 2.75) is 38.4 Å². The zero-order valence-corrected chi connectivity index (χ0v) is 17.2. The first-order chi connectivity index (χ1) is 14.6. The highest BCUT2D eigenvalue weighted by atomic mass is 16.5. The number of methoxy groups -OCH3 is 1. The van der Waals surface area contributed by atoms with E-state index in [0.29, 0.717) is 18.5 Å². The van der Waals surface area contributed by atoms with Crippen molar-refractivity contribution in [3.05, 3.63) is 71.4 Å². The molecule has 4 rings (SSSR count). The molecule has 1 unspecified atom stereocenters. The summed E-state index contributed by atoms with van der Waals surface area (Å²) in [6, 6.07) is 18.0. The van der Waals surface area contributed by atoms with E-state index in [1.54, 1.807) is 12.1 Å². The van der Waals surface area contributed by atoms with Crippen LogP contribution in [0.2, 0.25) is 0 Å². The monoisotopic (exact) mass is 405 g/mol. The van der Waals surface area contributed by atoms with Crippen LogP contribution in [0.1, 0.15) is 40.9 Å². The van der Waals surface area contributed by atoms with Crippen molar-refractivity contribution in [1.29, 1.82) is 0 Å². The number of H-pyrrole nitrogens is 1. The van der Waals surface area contributed by atoms with E-state index in [4.69, 9.17) is 4.74 Å². The summed E-state index contributed by atoms with van der Waals surface area (Å²) in [7, 11) is 1.38. The molecule has 3 aromatic rings. The van der Waals surface area contributed by atoms with Crippen molar-refractivity contribution in [2.24, 2.45) is 0 Å². The molecule has 0 bridgehead atoms. The third-order valence-corrected chi connectivity index (χ3v) is 5.74. The van der Waals surface area contributed by atoms with Gasteiger partial charge in [-0.3, -0.25) is 4.79 Å². The van der Waals surface area contributed by atoms with Crippen molar-refractivity contribution in [1.82, 2.24) is 15.2 Å². The van der Waals surface area contributed by atoms with Crippen molar-refractivity contribution in [2.75, 3.05) is 13.7 Å². The number of rotatable bonds is 8. The summed E-state index contributed by atoms with van der Waals surface area (Å²) in [5.74, 6) is -0.0903. The minimum Gasteiger partial charge on any atom is -0.465 e. The normalized spacial score (nSPS) is 16.4. The fraction of sp³-hybridized carbons (Fsp3) is 0.333. The number of likely N-dealkylation sites (tertiary alicyclic amines) is 1. The number of fused-ring (bicyclic) bond motifs is 1. The maximum atomic E-state index is 12.4. The van der Waals surface area contributed by atoms with E-state index in [9.17, 15) is 9.59 Å². The quantitative estimate of drug-likeness (QED) is 0.443. The van der Waals surface area contributed by atoms with Gasteiger partial charge in [-0.2, -0.15) is 0 Å². The number of aromatic amines is 1. The highest BCUT2D eigenvalue weighted by Gasteiger charge is 2.30. The van der Waals surface area contributed by atoms with E-state index in [2.05, 4.69) is 28.5 Å². The lowest BCUT2D eigenvalue weighted by molar-refractivity contribution is -0.129. The van der Waals surface area contributed by atoms with Gasteiger partial charge in [0.1, 0.15) is 0 Å². The molecular formula is C24H27N3O3. The third kappa shape index (κ3) is 4.54. The molecule has 1 amide bonds. The van der Waals surface area contributed by atoms with E-state index in [1.165, 1.54) is 12.5 Å². The molecule has 6 heteroatoms. The van der Waals surface area contributed by atoms with Crippen LogP contribution in [-0.4, -0.2) is 41.5 Å². The fourth-order valence-corrected chi connectivity index (χ4v) is 4.09. The van der Waals surface area contributed by atoms with Crippen molar-refractivity contribution in [3.63, 3.8) is 0 Å². The van der Waals surface area contributed by atoms with Gasteiger partial charge in [-0.1, -0.05) is 30.3 Å². The smallest absolute Gasteiger partial charge is 0.337 e. The van der Waals surface area contributed by atoms with Gasteiger partial charge in [-0.25, -0.2) is 4.79 Å². The first-order valence-corrected chi connectivity index (χ1v) is 10.4. The molecule has 156 valence electrons. The van der Waals surface area contributed by atoms with Crippen LogP contribution < -0.4 is 5.32 Å². The number of para-hydroxylation sites is 1. The molecule has 0 aliphatic carbocycles. The molecular weight excluding hydrogens is 378 g/mol. The maximum Gasteiger partial charge on any atom is 0.337 e. The SMILES string of the molecule is COC(=O)c1ccc(CNCCC2CCC(=O)N2Cc2cc3ccccc3[nH]2)cc1. The van der Waals surface area contributed by atoms with Crippen molar-refractivity contribution in [3.8, 4) is 0 Å². The lowest BCUT2D eigenvalue weighted by Gasteiger charge is -2.24. The number of amides is 1. The van der Waals surface area contributed by atoms with E-state index in [1.807, 2.05) is 29.2 Å². The number of hydrogen-bond acceptors (Lipinski definition) is 4. The minimum absolute atomic E-state index is 0.233. The second kappa shape index (κ2) is 9.13. The van der Waals surface area contributed by atoms with E-state index in [0.717, 1.165) is 42.7 Å². The number of benzene rings is 2.